The molecule has 106 valence electrons. The zero-order valence-corrected chi connectivity index (χ0v) is 11.8. The van der Waals surface area contributed by atoms with Crippen LogP contribution in [-0.4, -0.2) is 24.1 Å². The average molecular weight is 274 g/mol. The number of aryl methyl sites for hydroxylation is 1. The van der Waals surface area contributed by atoms with Crippen LogP contribution in [0.2, 0.25) is 0 Å². The van der Waals surface area contributed by atoms with Gasteiger partial charge in [0.2, 0.25) is 0 Å². The number of esters is 1. The van der Waals surface area contributed by atoms with Gasteiger partial charge < -0.3 is 14.5 Å². The van der Waals surface area contributed by atoms with Crippen LogP contribution in [-0.2, 0) is 11.2 Å². The maximum absolute atomic E-state index is 11.5. The largest absolute Gasteiger partial charge is 0.469 e. The van der Waals surface area contributed by atoms with Gasteiger partial charge in [-0.15, -0.1) is 0 Å². The fourth-order valence-electron chi connectivity index (χ4n) is 2.00. The number of ether oxygens (including phenoxy) is 1. The lowest BCUT2D eigenvalue weighted by Crippen LogP contribution is -2.19. The van der Waals surface area contributed by atoms with Crippen LogP contribution in [0.1, 0.15) is 28.7 Å². The van der Waals surface area contributed by atoms with Gasteiger partial charge in [0.1, 0.15) is 11.6 Å². The van der Waals surface area contributed by atoms with Gasteiger partial charge in [-0.05, 0) is 38.1 Å². The molecular weight excluding hydrogens is 256 g/mol. The van der Waals surface area contributed by atoms with Crippen molar-refractivity contribution in [2.45, 2.75) is 26.3 Å². The van der Waals surface area contributed by atoms with Gasteiger partial charge >= 0.3 is 5.97 Å². The number of anilines is 1. The highest BCUT2D eigenvalue weighted by molar-refractivity contribution is 5.90. The van der Waals surface area contributed by atoms with Crippen molar-refractivity contribution in [3.05, 3.63) is 47.5 Å². The number of carbonyl (C=O) groups is 1. The first-order valence-corrected chi connectivity index (χ1v) is 6.45. The van der Waals surface area contributed by atoms with Crippen LogP contribution in [0.25, 0.3) is 0 Å². The Morgan fingerprint density at radius 3 is 2.85 bits per heavy atom. The second-order valence-electron chi connectivity index (χ2n) is 4.65. The van der Waals surface area contributed by atoms with E-state index in [9.17, 15) is 4.79 Å². The summed E-state index contributed by atoms with van der Waals surface area (Å²) >= 11 is 0. The third-order valence-electron chi connectivity index (χ3n) is 2.97. The van der Waals surface area contributed by atoms with E-state index < -0.39 is 0 Å². The Kier molecular flexibility index (Phi) is 4.40. The van der Waals surface area contributed by atoms with Gasteiger partial charge in [0, 0.05) is 12.5 Å². The van der Waals surface area contributed by atoms with Gasteiger partial charge in [-0.3, -0.25) is 0 Å². The van der Waals surface area contributed by atoms with E-state index >= 15 is 0 Å². The molecule has 2 heterocycles. The molecule has 0 saturated heterocycles. The normalized spacial score (nSPS) is 11.9. The van der Waals surface area contributed by atoms with Gasteiger partial charge in [0.15, 0.2) is 0 Å². The van der Waals surface area contributed by atoms with E-state index in [0.717, 1.165) is 18.0 Å². The van der Waals surface area contributed by atoms with Crippen molar-refractivity contribution in [2.24, 2.45) is 0 Å². The summed E-state index contributed by atoms with van der Waals surface area (Å²) in [7, 11) is 1.36. The first kappa shape index (κ1) is 14.1. The van der Waals surface area contributed by atoms with Crippen molar-refractivity contribution in [3.63, 3.8) is 0 Å². The number of nitrogens with one attached hydrogen (secondary N) is 1. The molecule has 2 aromatic heterocycles. The van der Waals surface area contributed by atoms with Crippen LogP contribution in [0.15, 0.2) is 34.9 Å². The summed E-state index contributed by atoms with van der Waals surface area (Å²) in [6.07, 6.45) is 2.43. The maximum atomic E-state index is 11.5. The van der Waals surface area contributed by atoms with E-state index in [2.05, 4.69) is 10.3 Å². The Balaban J connectivity index is 2.03. The molecule has 20 heavy (non-hydrogen) atoms. The van der Waals surface area contributed by atoms with Gasteiger partial charge in [0.25, 0.3) is 0 Å². The lowest BCUT2D eigenvalue weighted by atomic mass is 10.2. The predicted molar refractivity (Wildman–Crippen MR) is 75.8 cm³/mol. The Hall–Kier alpha value is -2.30. The lowest BCUT2D eigenvalue weighted by Gasteiger charge is -2.14. The van der Waals surface area contributed by atoms with E-state index in [0.29, 0.717) is 11.3 Å². The smallest absolute Gasteiger partial charge is 0.339 e. The fraction of sp³-hybridized carbons (Fsp3) is 0.333. The minimum absolute atomic E-state index is 0.178. The van der Waals surface area contributed by atoms with E-state index in [1.807, 2.05) is 19.1 Å². The predicted octanol–water partition coefficient (Wildman–Crippen LogP) is 2.81. The molecule has 5 nitrogen and oxygen atoms in total. The number of hydrogen-bond donors (Lipinski definition) is 1. The van der Waals surface area contributed by atoms with Crippen LogP contribution in [0.4, 0.5) is 5.82 Å². The van der Waals surface area contributed by atoms with Crippen LogP contribution in [0, 0.1) is 6.92 Å². The minimum atomic E-state index is -0.370. The van der Waals surface area contributed by atoms with Crippen molar-refractivity contribution >= 4 is 11.8 Å². The highest BCUT2D eigenvalue weighted by Crippen LogP contribution is 2.14. The first-order chi connectivity index (χ1) is 9.60. The third kappa shape index (κ3) is 3.38. The number of nitrogens with zero attached hydrogens (tertiary/aromatic N) is 1. The number of pyridine rings is 1. The zero-order chi connectivity index (χ0) is 14.5. The molecule has 5 heteroatoms. The molecule has 2 rings (SSSR count). The molecule has 0 aliphatic heterocycles. The van der Waals surface area contributed by atoms with Crippen molar-refractivity contribution in [3.8, 4) is 0 Å². The second kappa shape index (κ2) is 6.23. The Morgan fingerprint density at radius 2 is 2.25 bits per heavy atom. The lowest BCUT2D eigenvalue weighted by molar-refractivity contribution is 0.0599. The minimum Gasteiger partial charge on any atom is -0.469 e. The number of aromatic nitrogens is 1. The molecule has 0 amide bonds. The molecule has 0 aliphatic carbocycles. The summed E-state index contributed by atoms with van der Waals surface area (Å²) in [4.78, 5) is 15.9. The zero-order valence-electron chi connectivity index (χ0n) is 11.8. The average Bonchev–Trinajstić information content (AvgIpc) is 2.90. The van der Waals surface area contributed by atoms with Crippen molar-refractivity contribution in [2.75, 3.05) is 12.4 Å². The maximum Gasteiger partial charge on any atom is 0.339 e. The summed E-state index contributed by atoms with van der Waals surface area (Å²) in [5, 5.41) is 3.28. The Morgan fingerprint density at radius 1 is 1.45 bits per heavy atom. The van der Waals surface area contributed by atoms with Crippen molar-refractivity contribution in [1.82, 2.24) is 4.98 Å². The number of rotatable bonds is 5. The van der Waals surface area contributed by atoms with E-state index in [-0.39, 0.29) is 12.0 Å². The van der Waals surface area contributed by atoms with Gasteiger partial charge in [0.05, 0.1) is 24.6 Å². The number of furan rings is 1. The molecule has 0 bridgehead atoms. The van der Waals surface area contributed by atoms with Crippen LogP contribution < -0.4 is 5.32 Å². The molecule has 1 N–H and O–H groups in total. The summed E-state index contributed by atoms with van der Waals surface area (Å²) in [6, 6.07) is 7.48. The molecule has 0 aromatic carbocycles. The standard InChI is InChI=1S/C15H18N2O3/c1-10(9-12-5-4-8-20-12)16-14-7-6-13(11(2)17-14)15(18)19-3/h4-8,10H,9H2,1-3H3,(H,16,17). The van der Waals surface area contributed by atoms with Gasteiger partial charge in [-0.2, -0.15) is 0 Å². The van der Waals surface area contributed by atoms with Gasteiger partial charge in [-0.25, -0.2) is 9.78 Å². The Bertz CT molecular complexity index is 579. The molecule has 0 aliphatic rings. The fourth-order valence-corrected chi connectivity index (χ4v) is 2.00. The summed E-state index contributed by atoms with van der Waals surface area (Å²) in [5.41, 5.74) is 1.13. The van der Waals surface area contributed by atoms with Crippen LogP contribution in [0.3, 0.4) is 0 Å². The quantitative estimate of drug-likeness (QED) is 0.849. The third-order valence-corrected chi connectivity index (χ3v) is 2.97. The van der Waals surface area contributed by atoms with E-state index in [1.54, 1.807) is 25.3 Å². The first-order valence-electron chi connectivity index (χ1n) is 6.45. The van der Waals surface area contributed by atoms with Crippen molar-refractivity contribution in [1.29, 1.82) is 0 Å². The molecule has 0 fully saturated rings. The Labute approximate surface area is 118 Å². The summed E-state index contributed by atoms with van der Waals surface area (Å²) < 4.78 is 10.0. The molecule has 0 spiro atoms. The van der Waals surface area contributed by atoms with Crippen molar-refractivity contribution < 1.29 is 13.9 Å². The highest BCUT2D eigenvalue weighted by atomic mass is 16.5. The van der Waals surface area contributed by atoms with Gasteiger partial charge in [-0.1, -0.05) is 0 Å². The topological polar surface area (TPSA) is 64.4 Å². The van der Waals surface area contributed by atoms with Crippen LogP contribution in [0.5, 0.6) is 0 Å². The van der Waals surface area contributed by atoms with Crippen LogP contribution >= 0.6 is 0 Å². The molecule has 0 saturated carbocycles. The number of hydrogen-bond acceptors (Lipinski definition) is 5. The highest BCUT2D eigenvalue weighted by Gasteiger charge is 2.12. The monoisotopic (exact) mass is 274 g/mol. The summed E-state index contributed by atoms with van der Waals surface area (Å²) in [6.45, 7) is 3.84. The molecule has 0 radical (unpaired) electrons. The molecular formula is C15H18N2O3. The second-order valence-corrected chi connectivity index (χ2v) is 4.65. The van der Waals surface area contributed by atoms with E-state index in [1.165, 1.54) is 7.11 Å². The summed E-state index contributed by atoms with van der Waals surface area (Å²) in [5.74, 6) is 1.28. The molecule has 2 aromatic rings. The number of methoxy groups -OCH3 is 1. The molecule has 1 unspecified atom stereocenters. The number of carbonyl (C=O) groups excluding carboxylic acids is 1. The SMILES string of the molecule is COC(=O)c1ccc(NC(C)Cc2ccco2)nc1C. The molecule has 1 atom stereocenters. The van der Waals surface area contributed by atoms with E-state index in [4.69, 9.17) is 9.15 Å².